The summed E-state index contributed by atoms with van der Waals surface area (Å²) in [5, 5.41) is 3.72. The zero-order chi connectivity index (χ0) is 20.1. The zero-order valence-electron chi connectivity index (χ0n) is 16.3. The molecule has 4 heteroatoms. The van der Waals surface area contributed by atoms with Gasteiger partial charge in [0, 0.05) is 24.1 Å². The molecule has 4 nitrogen and oxygen atoms in total. The number of ether oxygens (including phenoxy) is 1. The van der Waals surface area contributed by atoms with Crippen LogP contribution in [0.3, 0.4) is 0 Å². The van der Waals surface area contributed by atoms with Crippen molar-refractivity contribution >= 4 is 11.0 Å². The Labute approximate surface area is 169 Å². The second-order valence-corrected chi connectivity index (χ2v) is 6.91. The Bertz CT molecular complexity index is 1140. The summed E-state index contributed by atoms with van der Waals surface area (Å²) in [6.45, 7) is 0.834. The fourth-order valence-electron chi connectivity index (χ4n) is 3.35. The molecule has 4 rings (SSSR count). The van der Waals surface area contributed by atoms with Crippen molar-refractivity contribution in [1.29, 1.82) is 0 Å². The van der Waals surface area contributed by atoms with E-state index >= 15 is 0 Å². The minimum absolute atomic E-state index is 0.0635. The van der Waals surface area contributed by atoms with E-state index in [0.717, 1.165) is 24.1 Å². The van der Waals surface area contributed by atoms with Gasteiger partial charge in [-0.2, -0.15) is 0 Å². The maximum Gasteiger partial charge on any atom is 0.193 e. The molecular weight excluding hydrogens is 362 g/mol. The van der Waals surface area contributed by atoms with Gasteiger partial charge in [0.15, 0.2) is 5.43 Å². The third-order valence-electron chi connectivity index (χ3n) is 4.87. The lowest BCUT2D eigenvalue weighted by Gasteiger charge is -2.20. The predicted octanol–water partition coefficient (Wildman–Crippen LogP) is 5.19. The van der Waals surface area contributed by atoms with Crippen molar-refractivity contribution < 1.29 is 9.15 Å². The molecule has 146 valence electrons. The van der Waals surface area contributed by atoms with Gasteiger partial charge in [-0.05, 0) is 31.3 Å². The average molecular weight is 385 g/mol. The second kappa shape index (κ2) is 8.76. The van der Waals surface area contributed by atoms with Crippen LogP contribution in [-0.4, -0.2) is 13.6 Å². The molecule has 0 radical (unpaired) electrons. The van der Waals surface area contributed by atoms with E-state index in [-0.39, 0.29) is 11.5 Å². The van der Waals surface area contributed by atoms with Gasteiger partial charge in [0.1, 0.15) is 23.2 Å². The first-order valence-corrected chi connectivity index (χ1v) is 9.74. The van der Waals surface area contributed by atoms with Gasteiger partial charge in [-0.25, -0.2) is 0 Å². The van der Waals surface area contributed by atoms with Crippen LogP contribution in [0.1, 0.15) is 18.1 Å². The van der Waals surface area contributed by atoms with Crippen LogP contribution in [0.2, 0.25) is 0 Å². The molecule has 3 aromatic carbocycles. The quantitative estimate of drug-likeness (QED) is 0.476. The van der Waals surface area contributed by atoms with Crippen molar-refractivity contribution in [1.82, 2.24) is 5.32 Å². The van der Waals surface area contributed by atoms with Gasteiger partial charge in [-0.15, -0.1) is 0 Å². The highest BCUT2D eigenvalue weighted by Gasteiger charge is 2.14. The van der Waals surface area contributed by atoms with E-state index in [0.29, 0.717) is 22.5 Å². The summed E-state index contributed by atoms with van der Waals surface area (Å²) < 4.78 is 12.3. The van der Waals surface area contributed by atoms with Crippen molar-refractivity contribution in [3.05, 3.63) is 101 Å². The van der Waals surface area contributed by atoms with E-state index in [2.05, 4.69) is 17.4 Å². The lowest BCUT2D eigenvalue weighted by molar-refractivity contribution is 0.195. The van der Waals surface area contributed by atoms with Gasteiger partial charge < -0.3 is 14.5 Å². The summed E-state index contributed by atoms with van der Waals surface area (Å²) in [7, 11) is 1.93. The van der Waals surface area contributed by atoms with Crippen molar-refractivity contribution in [2.45, 2.75) is 12.5 Å². The Morgan fingerprint density at radius 3 is 2.38 bits per heavy atom. The minimum atomic E-state index is -0.0925. The first-order valence-electron chi connectivity index (χ1n) is 9.74. The molecule has 0 fully saturated rings. The molecule has 0 saturated carbocycles. The van der Waals surface area contributed by atoms with Crippen LogP contribution >= 0.6 is 0 Å². The molecule has 1 atom stereocenters. The normalized spacial score (nSPS) is 12.0. The molecule has 0 amide bonds. The van der Waals surface area contributed by atoms with Gasteiger partial charge in [0.05, 0.1) is 5.39 Å². The van der Waals surface area contributed by atoms with E-state index in [1.165, 1.54) is 6.07 Å². The maximum absolute atomic E-state index is 12.6. The third-order valence-corrected chi connectivity index (χ3v) is 4.87. The molecule has 0 aliphatic carbocycles. The SMILES string of the molecule is CNCCC(Oc1ccc2c(=O)cc(-c3ccccc3)oc2c1)c1ccccc1. The number of benzene rings is 3. The number of hydrogen-bond donors (Lipinski definition) is 1. The first kappa shape index (κ1) is 19.0. The average Bonchev–Trinajstić information content (AvgIpc) is 2.77. The number of nitrogens with one attached hydrogen (secondary N) is 1. The summed E-state index contributed by atoms with van der Waals surface area (Å²) in [5.74, 6) is 1.23. The van der Waals surface area contributed by atoms with Crippen LogP contribution in [0.25, 0.3) is 22.3 Å². The Morgan fingerprint density at radius 2 is 1.66 bits per heavy atom. The molecule has 0 bridgehead atoms. The van der Waals surface area contributed by atoms with E-state index < -0.39 is 0 Å². The van der Waals surface area contributed by atoms with Crippen LogP contribution in [-0.2, 0) is 0 Å². The Morgan fingerprint density at radius 1 is 0.931 bits per heavy atom. The van der Waals surface area contributed by atoms with Crippen LogP contribution in [0.5, 0.6) is 5.75 Å². The summed E-state index contributed by atoms with van der Waals surface area (Å²) in [6, 6.07) is 26.7. The topological polar surface area (TPSA) is 51.5 Å². The molecule has 1 aromatic heterocycles. The molecule has 4 aromatic rings. The summed E-state index contributed by atoms with van der Waals surface area (Å²) in [4.78, 5) is 12.6. The van der Waals surface area contributed by atoms with Gasteiger partial charge in [-0.3, -0.25) is 4.79 Å². The van der Waals surface area contributed by atoms with Crippen molar-refractivity contribution in [3.63, 3.8) is 0 Å². The van der Waals surface area contributed by atoms with Crippen molar-refractivity contribution in [2.24, 2.45) is 0 Å². The largest absolute Gasteiger partial charge is 0.486 e. The van der Waals surface area contributed by atoms with Crippen molar-refractivity contribution in [3.8, 4) is 17.1 Å². The van der Waals surface area contributed by atoms with Gasteiger partial charge in [0.25, 0.3) is 0 Å². The van der Waals surface area contributed by atoms with Gasteiger partial charge in [0.2, 0.25) is 0 Å². The highest BCUT2D eigenvalue weighted by Crippen LogP contribution is 2.29. The fraction of sp³-hybridized carbons (Fsp3) is 0.160. The highest BCUT2D eigenvalue weighted by atomic mass is 16.5. The van der Waals surface area contributed by atoms with Crippen molar-refractivity contribution in [2.75, 3.05) is 13.6 Å². The standard InChI is InChI=1S/C25H23NO3/c1-26-15-14-23(18-8-4-2-5-9-18)28-20-12-13-21-22(27)17-24(29-25(21)16-20)19-10-6-3-7-11-19/h2-13,16-17,23,26H,14-15H2,1H3. The lowest BCUT2D eigenvalue weighted by Crippen LogP contribution is -2.16. The van der Waals surface area contributed by atoms with Gasteiger partial charge in [-0.1, -0.05) is 60.7 Å². The fourth-order valence-corrected chi connectivity index (χ4v) is 3.35. The highest BCUT2D eigenvalue weighted by molar-refractivity contribution is 5.80. The van der Waals surface area contributed by atoms with E-state index in [9.17, 15) is 4.79 Å². The Hall–Kier alpha value is -3.37. The van der Waals surface area contributed by atoms with Gasteiger partial charge >= 0.3 is 0 Å². The van der Waals surface area contributed by atoms with Crippen LogP contribution in [0.4, 0.5) is 0 Å². The Balaban J connectivity index is 1.69. The number of hydrogen-bond acceptors (Lipinski definition) is 4. The molecule has 0 spiro atoms. The molecule has 0 saturated heterocycles. The first-order chi connectivity index (χ1) is 14.2. The maximum atomic E-state index is 12.6. The van der Waals surface area contributed by atoms with Crippen LogP contribution in [0.15, 0.2) is 94.1 Å². The third kappa shape index (κ3) is 4.39. The molecule has 1 unspecified atom stereocenters. The van der Waals surface area contributed by atoms with E-state index in [1.54, 1.807) is 12.1 Å². The molecule has 29 heavy (non-hydrogen) atoms. The lowest BCUT2D eigenvalue weighted by atomic mass is 10.1. The minimum Gasteiger partial charge on any atom is -0.486 e. The summed E-state index contributed by atoms with van der Waals surface area (Å²) in [5.41, 5.74) is 2.44. The zero-order valence-corrected chi connectivity index (χ0v) is 16.3. The monoisotopic (exact) mass is 385 g/mol. The molecular formula is C25H23NO3. The summed E-state index contributed by atoms with van der Waals surface area (Å²) >= 11 is 0. The van der Waals surface area contributed by atoms with E-state index in [4.69, 9.17) is 9.15 Å². The molecule has 1 heterocycles. The predicted molar refractivity (Wildman–Crippen MR) is 116 cm³/mol. The summed E-state index contributed by atoms with van der Waals surface area (Å²) in [6.07, 6.45) is 0.733. The van der Waals surface area contributed by atoms with E-state index in [1.807, 2.05) is 61.6 Å². The number of rotatable bonds is 7. The van der Waals surface area contributed by atoms with Crippen LogP contribution in [0, 0.1) is 0 Å². The smallest absolute Gasteiger partial charge is 0.193 e. The van der Waals surface area contributed by atoms with Crippen LogP contribution < -0.4 is 15.5 Å². The Kier molecular flexibility index (Phi) is 5.73. The molecule has 1 N–H and O–H groups in total. The molecule has 0 aliphatic heterocycles. The second-order valence-electron chi connectivity index (χ2n) is 6.91. The number of fused-ring (bicyclic) bond motifs is 1. The molecule has 0 aliphatic rings.